The Morgan fingerprint density at radius 3 is 1.83 bits per heavy atom. The molecule has 0 radical (unpaired) electrons. The minimum atomic E-state index is 0.554. The number of benzene rings is 8. The van der Waals surface area contributed by atoms with Crippen LogP contribution in [0.4, 0.5) is 0 Å². The summed E-state index contributed by atoms with van der Waals surface area (Å²) in [5, 5.41) is 6.83. The van der Waals surface area contributed by atoms with Gasteiger partial charge in [-0.05, 0) is 76.9 Å². The minimum Gasteiger partial charge on any atom is -0.456 e. The molecule has 63 heavy (non-hydrogen) atoms. The fraction of sp³-hybridized carbons (Fsp3) is 0. The molecule has 0 spiro atoms. The summed E-state index contributed by atoms with van der Waals surface area (Å²) in [7, 11) is 0. The van der Waals surface area contributed by atoms with Gasteiger partial charge in [0.15, 0.2) is 17.5 Å². The summed E-state index contributed by atoms with van der Waals surface area (Å²) in [5.41, 5.74) is 12.3. The van der Waals surface area contributed by atoms with E-state index in [1.54, 1.807) is 6.20 Å². The van der Waals surface area contributed by atoms with Crippen LogP contribution in [0.1, 0.15) is 0 Å². The molecule has 294 valence electrons. The van der Waals surface area contributed by atoms with Crippen LogP contribution in [0.25, 0.3) is 132 Å². The third kappa shape index (κ3) is 5.86. The quantitative estimate of drug-likeness (QED) is 0.166. The normalized spacial score (nSPS) is 11.8. The van der Waals surface area contributed by atoms with E-state index >= 15 is 0 Å². The Morgan fingerprint density at radius 2 is 0.984 bits per heavy atom. The van der Waals surface area contributed by atoms with Crippen molar-refractivity contribution in [1.82, 2.24) is 19.9 Å². The third-order valence-corrected chi connectivity index (χ3v) is 13.2. The molecule has 0 atom stereocenters. The van der Waals surface area contributed by atoms with Crippen LogP contribution < -0.4 is 0 Å². The van der Waals surface area contributed by atoms with Gasteiger partial charge in [0.1, 0.15) is 22.3 Å². The highest BCUT2D eigenvalue weighted by atomic mass is 32.1. The van der Waals surface area contributed by atoms with E-state index in [4.69, 9.17) is 23.8 Å². The molecule has 5 heterocycles. The van der Waals surface area contributed by atoms with E-state index in [9.17, 15) is 0 Å². The summed E-state index contributed by atoms with van der Waals surface area (Å²) < 4.78 is 15.6. The van der Waals surface area contributed by atoms with E-state index in [0.29, 0.717) is 17.5 Å². The van der Waals surface area contributed by atoms with Crippen LogP contribution in [0.15, 0.2) is 203 Å². The zero-order valence-corrected chi connectivity index (χ0v) is 34.3. The molecule has 0 fully saturated rings. The molecule has 5 aromatic heterocycles. The molecular weight excluding hydrogens is 793 g/mol. The van der Waals surface area contributed by atoms with E-state index in [1.165, 1.54) is 20.2 Å². The molecule has 0 amide bonds. The standard InChI is InChI=1S/C56H32N4O2S/c1-2-14-44(38(11-1)37-10-9-29-57-32-37)56-59-54(58-55(60-56)36-23-25-42-41-12-3-6-16-47(41)61-49(42)31-36)34-21-19-33(20-22-34)39-26-27-40(53-52(39)45-15-4-7-17-48(45)62-53)35-24-28-51-46(30-35)43-13-5-8-18-50(43)63-51/h1-32H. The van der Waals surface area contributed by atoms with Gasteiger partial charge in [-0.15, -0.1) is 11.3 Å². The number of hydrogen-bond acceptors (Lipinski definition) is 7. The summed E-state index contributed by atoms with van der Waals surface area (Å²) in [4.78, 5) is 19.9. The lowest BCUT2D eigenvalue weighted by Gasteiger charge is -2.12. The fourth-order valence-electron chi connectivity index (χ4n) is 9.06. The SMILES string of the molecule is c1cncc(-c2ccccc2-c2nc(-c3ccc(-c4ccc(-c5ccc6sc7ccccc7c6c5)c5oc6ccccc6c45)cc3)nc(-c3ccc4c(c3)oc3ccccc34)n2)c1. The first-order chi connectivity index (χ1) is 31.2. The lowest BCUT2D eigenvalue weighted by atomic mass is 9.93. The van der Waals surface area contributed by atoms with Gasteiger partial charge in [-0.25, -0.2) is 15.0 Å². The number of rotatable bonds is 6. The molecule has 0 unspecified atom stereocenters. The van der Waals surface area contributed by atoms with Crippen molar-refractivity contribution >= 4 is 75.4 Å². The van der Waals surface area contributed by atoms with Gasteiger partial charge in [0.05, 0.1) is 0 Å². The highest BCUT2D eigenvalue weighted by Gasteiger charge is 2.20. The molecule has 0 aliphatic carbocycles. The summed E-state index contributed by atoms with van der Waals surface area (Å²) in [6.07, 6.45) is 3.65. The van der Waals surface area contributed by atoms with Crippen molar-refractivity contribution in [3.63, 3.8) is 0 Å². The topological polar surface area (TPSA) is 77.8 Å². The molecule has 8 aromatic carbocycles. The Bertz CT molecular complexity index is 3920. The molecule has 7 heteroatoms. The van der Waals surface area contributed by atoms with E-state index in [-0.39, 0.29) is 0 Å². The number of furan rings is 2. The van der Waals surface area contributed by atoms with E-state index in [2.05, 4.69) is 138 Å². The van der Waals surface area contributed by atoms with E-state index in [0.717, 1.165) is 93.9 Å². The Labute approximate surface area is 364 Å². The molecule has 13 aromatic rings. The first kappa shape index (κ1) is 35.5. The van der Waals surface area contributed by atoms with Crippen molar-refractivity contribution in [2.75, 3.05) is 0 Å². The number of hydrogen-bond donors (Lipinski definition) is 0. The number of aromatic nitrogens is 4. The molecule has 13 rings (SSSR count). The average Bonchev–Trinajstić information content (AvgIpc) is 4.05. The molecule has 0 aliphatic heterocycles. The van der Waals surface area contributed by atoms with Gasteiger partial charge < -0.3 is 8.83 Å². The number of para-hydroxylation sites is 2. The molecule has 6 nitrogen and oxygen atoms in total. The fourth-order valence-corrected chi connectivity index (χ4v) is 10.1. The second-order valence-corrected chi connectivity index (χ2v) is 16.8. The molecule has 0 bridgehead atoms. The van der Waals surface area contributed by atoms with Crippen LogP contribution >= 0.6 is 11.3 Å². The maximum Gasteiger partial charge on any atom is 0.164 e. The van der Waals surface area contributed by atoms with Crippen LogP contribution in [-0.2, 0) is 0 Å². The predicted molar refractivity (Wildman–Crippen MR) is 258 cm³/mol. The smallest absolute Gasteiger partial charge is 0.164 e. The Kier molecular flexibility index (Phi) is 7.98. The summed E-state index contributed by atoms with van der Waals surface area (Å²) in [6, 6.07) is 63.1. The number of pyridine rings is 1. The largest absolute Gasteiger partial charge is 0.456 e. The molecular formula is C56H32N4O2S. The lowest BCUT2D eigenvalue weighted by molar-refractivity contribution is 0.669. The van der Waals surface area contributed by atoms with Crippen LogP contribution in [0.3, 0.4) is 0 Å². The Hall–Kier alpha value is -8.26. The van der Waals surface area contributed by atoms with Crippen molar-refractivity contribution in [2.24, 2.45) is 0 Å². The van der Waals surface area contributed by atoms with Crippen LogP contribution in [0.5, 0.6) is 0 Å². The number of thiophene rings is 1. The van der Waals surface area contributed by atoms with E-state index < -0.39 is 0 Å². The zero-order chi connectivity index (χ0) is 41.4. The van der Waals surface area contributed by atoms with Crippen LogP contribution in [0.2, 0.25) is 0 Å². The molecule has 0 N–H and O–H groups in total. The third-order valence-electron chi connectivity index (χ3n) is 12.1. The van der Waals surface area contributed by atoms with Crippen LogP contribution in [-0.4, -0.2) is 19.9 Å². The number of nitrogens with zero attached hydrogens (tertiary/aromatic N) is 4. The maximum absolute atomic E-state index is 6.74. The Morgan fingerprint density at radius 1 is 0.349 bits per heavy atom. The van der Waals surface area contributed by atoms with Crippen molar-refractivity contribution in [1.29, 1.82) is 0 Å². The van der Waals surface area contributed by atoms with Crippen molar-refractivity contribution in [3.05, 3.63) is 194 Å². The maximum atomic E-state index is 6.74. The van der Waals surface area contributed by atoms with Gasteiger partial charge in [0.25, 0.3) is 0 Å². The molecule has 0 aliphatic rings. The highest BCUT2D eigenvalue weighted by molar-refractivity contribution is 7.25. The average molecular weight is 825 g/mol. The van der Waals surface area contributed by atoms with Crippen LogP contribution in [0, 0.1) is 0 Å². The second-order valence-electron chi connectivity index (χ2n) is 15.8. The number of fused-ring (bicyclic) bond motifs is 9. The molecule has 0 saturated heterocycles. The Balaban J connectivity index is 0.948. The summed E-state index contributed by atoms with van der Waals surface area (Å²) in [5.74, 6) is 1.69. The van der Waals surface area contributed by atoms with Gasteiger partial charge >= 0.3 is 0 Å². The van der Waals surface area contributed by atoms with Gasteiger partial charge in [-0.2, -0.15) is 0 Å². The van der Waals surface area contributed by atoms with Gasteiger partial charge in [0.2, 0.25) is 0 Å². The van der Waals surface area contributed by atoms with E-state index in [1.807, 2.05) is 66.1 Å². The van der Waals surface area contributed by atoms with Gasteiger partial charge in [-0.3, -0.25) is 4.98 Å². The lowest BCUT2D eigenvalue weighted by Crippen LogP contribution is -2.01. The van der Waals surface area contributed by atoms with Crippen molar-refractivity contribution < 1.29 is 8.83 Å². The first-order valence-electron chi connectivity index (χ1n) is 20.8. The first-order valence-corrected chi connectivity index (χ1v) is 21.7. The second kappa shape index (κ2) is 14.2. The van der Waals surface area contributed by atoms with Crippen molar-refractivity contribution in [2.45, 2.75) is 0 Å². The zero-order valence-electron chi connectivity index (χ0n) is 33.5. The predicted octanol–water partition coefficient (Wildman–Crippen LogP) is 15.4. The van der Waals surface area contributed by atoms with Gasteiger partial charge in [0, 0.05) is 81.9 Å². The van der Waals surface area contributed by atoms with Gasteiger partial charge in [-0.1, -0.05) is 127 Å². The van der Waals surface area contributed by atoms with Crippen molar-refractivity contribution in [3.8, 4) is 67.5 Å². The monoisotopic (exact) mass is 824 g/mol. The highest BCUT2D eigenvalue weighted by Crippen LogP contribution is 2.44. The minimum absolute atomic E-state index is 0.554. The summed E-state index contributed by atoms with van der Waals surface area (Å²) in [6.45, 7) is 0. The summed E-state index contributed by atoms with van der Waals surface area (Å²) >= 11 is 1.83. The molecule has 0 saturated carbocycles.